The van der Waals surface area contributed by atoms with Crippen LogP contribution in [0.15, 0.2) is 30.6 Å². The van der Waals surface area contributed by atoms with Crippen LogP contribution in [-0.2, 0) is 24.0 Å². The summed E-state index contributed by atoms with van der Waals surface area (Å²) in [7, 11) is 1.54. The summed E-state index contributed by atoms with van der Waals surface area (Å²) in [6.45, 7) is 5.09. The lowest BCUT2D eigenvalue weighted by atomic mass is 9.66. The van der Waals surface area contributed by atoms with Gasteiger partial charge in [-0.2, -0.15) is 9.49 Å². The highest BCUT2D eigenvalue weighted by Crippen LogP contribution is 2.48. The van der Waals surface area contributed by atoms with Crippen LogP contribution in [-0.4, -0.2) is 56.3 Å². The maximum absolute atomic E-state index is 16.0. The normalized spacial score (nSPS) is 22.8. The number of aliphatic hydroxyl groups is 1. The number of imide groups is 1. The zero-order valence-electron chi connectivity index (χ0n) is 20.4. The summed E-state index contributed by atoms with van der Waals surface area (Å²) in [5.41, 5.74) is -0.874. The predicted molar refractivity (Wildman–Crippen MR) is 128 cm³/mol. The number of halogens is 2. The Hall–Kier alpha value is -3.44. The van der Waals surface area contributed by atoms with Gasteiger partial charge >= 0.3 is 6.03 Å². The highest BCUT2D eigenvalue weighted by molar-refractivity contribution is 6.06. The molecule has 3 amide bonds. The lowest BCUT2D eigenvalue weighted by Gasteiger charge is -2.50. The maximum atomic E-state index is 16.0. The number of carbonyl (C=O) groups excluding carboxylic acids is 2. The fraction of sp³-hybridized carbons (Fsp3) is 0.440. The summed E-state index contributed by atoms with van der Waals surface area (Å²) in [6.07, 6.45) is 3.34. The minimum absolute atomic E-state index is 0.139. The third-order valence-electron chi connectivity index (χ3n) is 7.45. The monoisotopic (exact) mass is 498 g/mol. The Morgan fingerprint density at radius 2 is 1.94 bits per heavy atom. The molecule has 5 rings (SSSR count). The molecular formula is C25H28F2N6O3. The van der Waals surface area contributed by atoms with Crippen molar-refractivity contribution >= 4 is 28.5 Å². The molecule has 2 fully saturated rings. The van der Waals surface area contributed by atoms with E-state index in [9.17, 15) is 19.1 Å². The first kappa shape index (κ1) is 24.3. The fourth-order valence-corrected chi connectivity index (χ4v) is 5.31. The van der Waals surface area contributed by atoms with Crippen molar-refractivity contribution in [2.45, 2.75) is 38.8 Å². The Morgan fingerprint density at radius 3 is 2.61 bits per heavy atom. The molecule has 0 bridgehead atoms. The quantitative estimate of drug-likeness (QED) is 0.574. The summed E-state index contributed by atoms with van der Waals surface area (Å²) in [4.78, 5) is 31.4. The number of aromatic nitrogens is 3. The average Bonchev–Trinajstić information content (AvgIpc) is 3.13. The maximum Gasteiger partial charge on any atom is 0.328 e. The minimum Gasteiger partial charge on any atom is -0.384 e. The van der Waals surface area contributed by atoms with E-state index in [0.717, 1.165) is 0 Å². The molecule has 1 atom stereocenters. The highest BCUT2D eigenvalue weighted by Gasteiger charge is 2.50. The Morgan fingerprint density at radius 1 is 1.17 bits per heavy atom. The number of benzene rings is 1. The summed E-state index contributed by atoms with van der Waals surface area (Å²) < 4.78 is 31.4. The van der Waals surface area contributed by atoms with Crippen LogP contribution in [0.5, 0.6) is 0 Å². The molecule has 36 heavy (non-hydrogen) atoms. The van der Waals surface area contributed by atoms with Crippen LogP contribution in [0.1, 0.15) is 37.8 Å². The van der Waals surface area contributed by atoms with Gasteiger partial charge in [0, 0.05) is 61.6 Å². The second-order valence-corrected chi connectivity index (χ2v) is 10.2. The molecule has 11 heteroatoms. The van der Waals surface area contributed by atoms with E-state index in [0.29, 0.717) is 36.4 Å². The smallest absolute Gasteiger partial charge is 0.328 e. The summed E-state index contributed by atoms with van der Waals surface area (Å²) in [6, 6.07) is 4.16. The van der Waals surface area contributed by atoms with E-state index in [1.165, 1.54) is 35.1 Å². The van der Waals surface area contributed by atoms with Crippen LogP contribution < -0.4 is 10.2 Å². The number of nitrogens with zero attached hydrogens (tertiary/aromatic N) is 5. The highest BCUT2D eigenvalue weighted by atomic mass is 19.1. The van der Waals surface area contributed by atoms with Crippen molar-refractivity contribution in [1.29, 1.82) is 0 Å². The van der Waals surface area contributed by atoms with Crippen LogP contribution in [0.4, 0.5) is 19.3 Å². The van der Waals surface area contributed by atoms with E-state index in [1.807, 2.05) is 18.7 Å². The molecule has 0 spiro atoms. The van der Waals surface area contributed by atoms with Crippen molar-refractivity contribution in [3.63, 3.8) is 0 Å². The van der Waals surface area contributed by atoms with Crippen LogP contribution in [0.3, 0.4) is 0 Å². The molecule has 9 nitrogen and oxygen atoms in total. The third kappa shape index (κ3) is 3.92. The van der Waals surface area contributed by atoms with Gasteiger partial charge in [0.15, 0.2) is 0 Å². The molecule has 2 aliphatic heterocycles. The Balaban J connectivity index is 1.45. The van der Waals surface area contributed by atoms with Gasteiger partial charge in [0.2, 0.25) is 11.9 Å². The van der Waals surface area contributed by atoms with Gasteiger partial charge in [0.25, 0.3) is 0 Å². The van der Waals surface area contributed by atoms with E-state index >= 15 is 4.39 Å². The Bertz CT molecular complexity index is 1370. The predicted octanol–water partition coefficient (Wildman–Crippen LogP) is 2.81. The van der Waals surface area contributed by atoms with Crippen molar-refractivity contribution in [2.24, 2.45) is 12.5 Å². The number of amides is 3. The van der Waals surface area contributed by atoms with E-state index in [2.05, 4.69) is 15.4 Å². The zero-order valence-corrected chi connectivity index (χ0v) is 20.4. The Labute approximate surface area is 206 Å². The van der Waals surface area contributed by atoms with Gasteiger partial charge in [0.05, 0.1) is 29.2 Å². The molecule has 2 aromatic heterocycles. The zero-order chi connectivity index (χ0) is 25.8. The number of carbonyl (C=O) groups is 2. The molecule has 0 radical (unpaired) electrons. The van der Waals surface area contributed by atoms with Crippen molar-refractivity contribution in [3.05, 3.63) is 53.5 Å². The first-order valence-corrected chi connectivity index (χ1v) is 11.8. The van der Waals surface area contributed by atoms with Crippen molar-refractivity contribution in [3.8, 4) is 0 Å². The Kier molecular flexibility index (Phi) is 5.79. The number of likely N-dealkylation sites (tertiary alicyclic amines) is 1. The molecule has 1 aromatic carbocycles. The van der Waals surface area contributed by atoms with Gasteiger partial charge in [-0.15, -0.1) is 0 Å². The van der Waals surface area contributed by atoms with E-state index in [-0.39, 0.29) is 36.2 Å². The third-order valence-corrected chi connectivity index (χ3v) is 7.45. The standard InChI is InChI=1S/C25H28F2N6O3/c1-24(2)14-32(13-15-11-29-31(3)22(15)27)9-7-25(24,36)18-4-5-19-17(21(18)26)10-16(12-28-19)33-8-6-20(34)30-23(33)35/h4-5,10-12,36H,6-9,13-14H2,1-3H3,(H,30,34,35)/t25-/m0/s1. The van der Waals surface area contributed by atoms with Crippen LogP contribution >= 0.6 is 0 Å². The first-order valence-electron chi connectivity index (χ1n) is 11.8. The SMILES string of the molecule is Cn1ncc(CN2CC[C@](O)(c3ccc4ncc(N5CCC(=O)NC5=O)cc4c3F)C(C)(C)C2)c1F. The molecule has 2 N–H and O–H groups in total. The number of hydrogen-bond acceptors (Lipinski definition) is 6. The van der Waals surface area contributed by atoms with Gasteiger partial charge < -0.3 is 5.11 Å². The number of aryl methyl sites for hydroxylation is 1. The first-order chi connectivity index (χ1) is 17.0. The number of fused-ring (bicyclic) bond motifs is 1. The van der Waals surface area contributed by atoms with Gasteiger partial charge in [-0.25, -0.2) is 13.9 Å². The van der Waals surface area contributed by atoms with Crippen LogP contribution in [0.2, 0.25) is 0 Å². The molecule has 2 saturated heterocycles. The van der Waals surface area contributed by atoms with Crippen molar-refractivity contribution in [2.75, 3.05) is 24.5 Å². The number of hydrogen-bond donors (Lipinski definition) is 2. The van der Waals surface area contributed by atoms with Crippen LogP contribution in [0.25, 0.3) is 10.9 Å². The molecular weight excluding hydrogens is 470 g/mol. The van der Waals surface area contributed by atoms with Gasteiger partial charge in [-0.05, 0) is 18.6 Å². The number of anilines is 1. The summed E-state index contributed by atoms with van der Waals surface area (Å²) in [5, 5.41) is 18.2. The van der Waals surface area contributed by atoms with Gasteiger partial charge in [-0.1, -0.05) is 19.9 Å². The molecule has 0 saturated carbocycles. The molecule has 4 heterocycles. The van der Waals surface area contributed by atoms with Gasteiger partial charge in [0.1, 0.15) is 5.82 Å². The van der Waals surface area contributed by atoms with E-state index < -0.39 is 28.8 Å². The van der Waals surface area contributed by atoms with E-state index in [4.69, 9.17) is 0 Å². The second kappa shape index (κ2) is 8.59. The van der Waals surface area contributed by atoms with Crippen molar-refractivity contribution < 1.29 is 23.5 Å². The molecule has 0 aliphatic carbocycles. The molecule has 3 aromatic rings. The summed E-state index contributed by atoms with van der Waals surface area (Å²) in [5.74, 6) is -1.36. The number of nitrogens with one attached hydrogen (secondary N) is 1. The lowest BCUT2D eigenvalue weighted by molar-refractivity contribution is -0.128. The van der Waals surface area contributed by atoms with Crippen molar-refractivity contribution in [1.82, 2.24) is 25.0 Å². The van der Waals surface area contributed by atoms with E-state index in [1.54, 1.807) is 12.1 Å². The number of rotatable bonds is 4. The van der Waals surface area contributed by atoms with Gasteiger partial charge in [-0.3, -0.25) is 24.9 Å². The number of urea groups is 1. The second-order valence-electron chi connectivity index (χ2n) is 10.2. The summed E-state index contributed by atoms with van der Waals surface area (Å²) >= 11 is 0. The topological polar surface area (TPSA) is 104 Å². The van der Waals surface area contributed by atoms with Crippen LogP contribution in [0, 0.1) is 17.2 Å². The number of piperidine rings is 1. The molecule has 2 aliphatic rings. The molecule has 190 valence electrons. The average molecular weight is 499 g/mol. The molecule has 0 unspecified atom stereocenters. The number of pyridine rings is 1. The largest absolute Gasteiger partial charge is 0.384 e. The lowest BCUT2D eigenvalue weighted by Crippen LogP contribution is -2.55. The minimum atomic E-state index is -1.49. The fourth-order valence-electron chi connectivity index (χ4n) is 5.31.